The molecule has 0 atom stereocenters. The topological polar surface area (TPSA) is 18.5 Å². The number of alkyl halides is 4. The lowest BCUT2D eigenvalue weighted by atomic mass is 10.3. The molecule has 0 amide bonds. The second kappa shape index (κ2) is 5.49. The highest BCUT2D eigenvalue weighted by Gasteiger charge is 2.33. The van der Waals surface area contributed by atoms with Crippen LogP contribution in [0.4, 0.5) is 17.6 Å². The molecule has 0 fully saturated rings. The summed E-state index contributed by atoms with van der Waals surface area (Å²) in [5.41, 5.74) is 0. The van der Waals surface area contributed by atoms with E-state index in [0.717, 1.165) is 0 Å². The van der Waals surface area contributed by atoms with Gasteiger partial charge in [-0.05, 0) is 24.3 Å². The molecule has 0 saturated heterocycles. The fourth-order valence-electron chi connectivity index (χ4n) is 0.865. The van der Waals surface area contributed by atoms with Crippen LogP contribution in [0.15, 0.2) is 28.7 Å². The maximum absolute atomic E-state index is 12.9. The summed E-state index contributed by atoms with van der Waals surface area (Å²) in [5, 5.41) is 0. The average molecular weight is 303 g/mol. The molecule has 0 saturated carbocycles. The smallest absolute Gasteiger partial charge is 0.422 e. The fraction of sp³-hybridized carbons (Fsp3) is 0.333. The predicted octanol–water partition coefficient (Wildman–Crippen LogP) is 3.66. The molecule has 0 aliphatic rings. The van der Waals surface area contributed by atoms with Gasteiger partial charge in [-0.3, -0.25) is 0 Å². The lowest BCUT2D eigenvalue weighted by molar-refractivity contribution is -0.251. The Morgan fingerprint density at radius 1 is 1.19 bits per heavy atom. The van der Waals surface area contributed by atoms with Crippen molar-refractivity contribution in [2.75, 3.05) is 6.61 Å². The first-order valence-corrected chi connectivity index (χ1v) is 4.90. The molecule has 1 aromatic carbocycles. The van der Waals surface area contributed by atoms with Crippen LogP contribution in [0.1, 0.15) is 0 Å². The van der Waals surface area contributed by atoms with Gasteiger partial charge in [0.15, 0.2) is 6.61 Å². The highest BCUT2D eigenvalue weighted by Crippen LogP contribution is 2.24. The first-order valence-electron chi connectivity index (χ1n) is 4.11. The lowest BCUT2D eigenvalue weighted by Gasteiger charge is -2.17. The van der Waals surface area contributed by atoms with Crippen molar-refractivity contribution in [2.24, 2.45) is 0 Å². The van der Waals surface area contributed by atoms with Gasteiger partial charge < -0.3 is 9.47 Å². The number of rotatable bonds is 5. The van der Waals surface area contributed by atoms with E-state index in [0.29, 0.717) is 4.47 Å². The average Bonchev–Trinajstić information content (AvgIpc) is 2.19. The molecular formula is C9H7BrF4O2. The molecule has 0 radical (unpaired) electrons. The van der Waals surface area contributed by atoms with Crippen LogP contribution < -0.4 is 4.74 Å². The van der Waals surface area contributed by atoms with E-state index in [9.17, 15) is 17.6 Å². The number of halogens is 5. The molecule has 2 nitrogen and oxygen atoms in total. The van der Waals surface area contributed by atoms with Crippen molar-refractivity contribution in [3.05, 3.63) is 28.7 Å². The standard InChI is InChI=1S/C9H7BrF4O2/c10-6-1-3-7(4-2-6)16-9(13,14)5-15-8(11)12/h1-4,8H,5H2. The molecule has 0 spiro atoms. The lowest BCUT2D eigenvalue weighted by Crippen LogP contribution is -2.31. The quantitative estimate of drug-likeness (QED) is 0.773. The van der Waals surface area contributed by atoms with Gasteiger partial charge in [0, 0.05) is 4.47 Å². The third-order valence-corrected chi connectivity index (χ3v) is 1.99. The Bertz CT molecular complexity index is 329. The zero-order valence-corrected chi connectivity index (χ0v) is 9.39. The van der Waals surface area contributed by atoms with Crippen LogP contribution in [0.2, 0.25) is 0 Å². The summed E-state index contributed by atoms with van der Waals surface area (Å²) >= 11 is 3.11. The largest absolute Gasteiger partial charge is 0.431 e. The van der Waals surface area contributed by atoms with Crippen molar-refractivity contribution >= 4 is 15.9 Å². The first-order chi connectivity index (χ1) is 7.39. The molecule has 0 heterocycles. The minimum atomic E-state index is -3.79. The molecular weight excluding hydrogens is 296 g/mol. The van der Waals surface area contributed by atoms with Crippen LogP contribution in [0.3, 0.4) is 0 Å². The van der Waals surface area contributed by atoms with E-state index in [1.165, 1.54) is 24.3 Å². The summed E-state index contributed by atoms with van der Waals surface area (Å²) in [7, 11) is 0. The molecule has 1 aromatic rings. The van der Waals surface area contributed by atoms with Crippen molar-refractivity contribution < 1.29 is 27.0 Å². The van der Waals surface area contributed by atoms with Crippen molar-refractivity contribution in [3.8, 4) is 5.75 Å². The molecule has 0 N–H and O–H groups in total. The monoisotopic (exact) mass is 302 g/mol. The summed E-state index contributed by atoms with van der Waals surface area (Å²) in [5.74, 6) is -0.133. The van der Waals surface area contributed by atoms with E-state index >= 15 is 0 Å². The zero-order valence-electron chi connectivity index (χ0n) is 7.80. The van der Waals surface area contributed by atoms with Gasteiger partial charge in [0.2, 0.25) is 0 Å². The molecule has 16 heavy (non-hydrogen) atoms. The third kappa shape index (κ3) is 4.80. The predicted molar refractivity (Wildman–Crippen MR) is 51.7 cm³/mol. The van der Waals surface area contributed by atoms with Gasteiger partial charge in [-0.15, -0.1) is 0 Å². The Morgan fingerprint density at radius 2 is 1.75 bits per heavy atom. The van der Waals surface area contributed by atoms with Crippen molar-refractivity contribution in [1.82, 2.24) is 0 Å². The summed E-state index contributed by atoms with van der Waals surface area (Å²) in [6.45, 7) is -4.75. The Balaban J connectivity index is 2.54. The SMILES string of the molecule is FC(F)OCC(F)(F)Oc1ccc(Br)cc1. The fourth-order valence-corrected chi connectivity index (χ4v) is 1.13. The molecule has 0 bridgehead atoms. The Labute approximate surface area is 97.3 Å². The second-order valence-corrected chi connectivity index (χ2v) is 3.68. The maximum atomic E-state index is 12.9. The van der Waals surface area contributed by atoms with E-state index in [-0.39, 0.29) is 5.75 Å². The van der Waals surface area contributed by atoms with Gasteiger partial charge in [0.05, 0.1) is 0 Å². The van der Waals surface area contributed by atoms with E-state index in [2.05, 4.69) is 25.4 Å². The highest BCUT2D eigenvalue weighted by molar-refractivity contribution is 9.10. The number of hydrogen-bond donors (Lipinski definition) is 0. The molecule has 90 valence electrons. The number of benzene rings is 1. The van der Waals surface area contributed by atoms with Crippen LogP contribution in [0, 0.1) is 0 Å². The van der Waals surface area contributed by atoms with Crippen LogP contribution in [0.25, 0.3) is 0 Å². The van der Waals surface area contributed by atoms with E-state index in [1.807, 2.05) is 0 Å². The zero-order chi connectivity index (χ0) is 12.2. The van der Waals surface area contributed by atoms with Crippen molar-refractivity contribution in [2.45, 2.75) is 12.7 Å². The van der Waals surface area contributed by atoms with E-state index in [1.54, 1.807) is 0 Å². The molecule has 0 aliphatic heterocycles. The van der Waals surface area contributed by atoms with Crippen LogP contribution in [-0.2, 0) is 4.74 Å². The number of hydrogen-bond acceptors (Lipinski definition) is 2. The Kier molecular flexibility index (Phi) is 4.55. The van der Waals surface area contributed by atoms with E-state index < -0.39 is 19.3 Å². The summed E-state index contributed by atoms with van der Waals surface area (Å²) in [6, 6.07) is 5.53. The summed E-state index contributed by atoms with van der Waals surface area (Å²) < 4.78 is 57.2. The normalized spacial score (nSPS) is 11.9. The maximum Gasteiger partial charge on any atom is 0.422 e. The van der Waals surface area contributed by atoms with Gasteiger partial charge >= 0.3 is 12.7 Å². The second-order valence-electron chi connectivity index (χ2n) is 2.76. The van der Waals surface area contributed by atoms with Crippen molar-refractivity contribution in [3.63, 3.8) is 0 Å². The van der Waals surface area contributed by atoms with Gasteiger partial charge in [-0.1, -0.05) is 15.9 Å². The minimum Gasteiger partial charge on any atom is -0.431 e. The molecule has 1 rings (SSSR count). The summed E-state index contributed by atoms with van der Waals surface area (Å²) in [4.78, 5) is 0. The Morgan fingerprint density at radius 3 is 2.25 bits per heavy atom. The van der Waals surface area contributed by atoms with Gasteiger partial charge in [0.1, 0.15) is 5.75 Å². The van der Waals surface area contributed by atoms with Crippen molar-refractivity contribution in [1.29, 1.82) is 0 Å². The molecule has 0 aliphatic carbocycles. The van der Waals surface area contributed by atoms with Gasteiger partial charge in [0.25, 0.3) is 0 Å². The highest BCUT2D eigenvalue weighted by atomic mass is 79.9. The summed E-state index contributed by atoms with van der Waals surface area (Å²) in [6.07, 6.45) is -3.79. The molecule has 7 heteroatoms. The molecule has 0 aromatic heterocycles. The first kappa shape index (κ1) is 13.2. The van der Waals surface area contributed by atoms with Crippen LogP contribution >= 0.6 is 15.9 Å². The molecule has 0 unspecified atom stereocenters. The van der Waals surface area contributed by atoms with Gasteiger partial charge in [-0.2, -0.15) is 17.6 Å². The third-order valence-electron chi connectivity index (χ3n) is 1.46. The van der Waals surface area contributed by atoms with Crippen LogP contribution in [0.5, 0.6) is 5.75 Å². The van der Waals surface area contributed by atoms with Crippen LogP contribution in [-0.4, -0.2) is 19.3 Å². The van der Waals surface area contributed by atoms with Gasteiger partial charge in [-0.25, -0.2) is 0 Å². The number of ether oxygens (including phenoxy) is 2. The Hall–Kier alpha value is -0.820. The van der Waals surface area contributed by atoms with E-state index in [4.69, 9.17) is 0 Å². The minimum absolute atomic E-state index is 0.133.